The predicted molar refractivity (Wildman–Crippen MR) is 102 cm³/mol. The number of halogens is 1. The number of H-pyrrole nitrogens is 1. The molecule has 27 heavy (non-hydrogen) atoms. The number of hydrogen-bond donors (Lipinski definition) is 1. The second-order valence-corrected chi connectivity index (χ2v) is 7.46. The minimum Gasteiger partial charge on any atom is -0.327 e. The Hall–Kier alpha value is -2.67. The monoisotopic (exact) mass is 384 g/mol. The van der Waals surface area contributed by atoms with Gasteiger partial charge < -0.3 is 9.47 Å². The van der Waals surface area contributed by atoms with Gasteiger partial charge in [-0.05, 0) is 44.9 Å². The molecular weight excluding hydrogens is 364 g/mol. The van der Waals surface area contributed by atoms with Crippen LogP contribution >= 0.6 is 11.6 Å². The molecule has 0 aliphatic carbocycles. The Morgan fingerprint density at radius 3 is 2.96 bits per heavy atom. The van der Waals surface area contributed by atoms with Crippen LogP contribution in [-0.4, -0.2) is 42.3 Å². The SMILES string of the molecule is CC(C)n1cnnc1C1CCCN1C(=O)c1cc(-c2cccc(Cl)c2)n[nH]1. The van der Waals surface area contributed by atoms with Crippen molar-refractivity contribution in [1.82, 2.24) is 29.9 Å². The van der Waals surface area contributed by atoms with Crippen molar-refractivity contribution in [2.75, 3.05) is 6.54 Å². The molecule has 1 saturated heterocycles. The second-order valence-electron chi connectivity index (χ2n) is 7.02. The van der Waals surface area contributed by atoms with E-state index in [-0.39, 0.29) is 18.0 Å². The van der Waals surface area contributed by atoms with Gasteiger partial charge in [0.1, 0.15) is 12.0 Å². The number of rotatable bonds is 4. The Bertz CT molecular complexity index is 963. The smallest absolute Gasteiger partial charge is 0.272 e. The lowest BCUT2D eigenvalue weighted by molar-refractivity contribution is 0.0720. The molecule has 140 valence electrons. The highest BCUT2D eigenvalue weighted by Crippen LogP contribution is 2.33. The van der Waals surface area contributed by atoms with Crippen LogP contribution in [0.3, 0.4) is 0 Å². The molecule has 0 saturated carbocycles. The maximum Gasteiger partial charge on any atom is 0.272 e. The van der Waals surface area contributed by atoms with Crippen LogP contribution in [0, 0.1) is 0 Å². The van der Waals surface area contributed by atoms with Crippen molar-refractivity contribution in [3.63, 3.8) is 0 Å². The maximum atomic E-state index is 13.1. The summed E-state index contributed by atoms with van der Waals surface area (Å²) in [5, 5.41) is 16.1. The maximum absolute atomic E-state index is 13.1. The zero-order valence-electron chi connectivity index (χ0n) is 15.3. The quantitative estimate of drug-likeness (QED) is 0.740. The molecule has 1 amide bonds. The molecule has 1 N–H and O–H groups in total. The number of likely N-dealkylation sites (tertiary alicyclic amines) is 1. The lowest BCUT2D eigenvalue weighted by atomic mass is 10.1. The summed E-state index contributed by atoms with van der Waals surface area (Å²) in [4.78, 5) is 15.0. The number of aromatic nitrogens is 5. The van der Waals surface area contributed by atoms with E-state index in [1.807, 2.05) is 33.7 Å². The van der Waals surface area contributed by atoms with Gasteiger partial charge in [-0.3, -0.25) is 9.89 Å². The number of amides is 1. The van der Waals surface area contributed by atoms with Crippen LogP contribution in [0.25, 0.3) is 11.3 Å². The predicted octanol–water partition coefficient (Wildman–Crippen LogP) is 3.88. The van der Waals surface area contributed by atoms with Crippen LogP contribution in [0.4, 0.5) is 0 Å². The van der Waals surface area contributed by atoms with Gasteiger partial charge in [-0.1, -0.05) is 23.7 Å². The van der Waals surface area contributed by atoms with Crippen molar-refractivity contribution in [1.29, 1.82) is 0 Å². The minimum atomic E-state index is -0.0726. The zero-order valence-corrected chi connectivity index (χ0v) is 16.0. The van der Waals surface area contributed by atoms with Crippen LogP contribution < -0.4 is 0 Å². The highest BCUT2D eigenvalue weighted by atomic mass is 35.5. The van der Waals surface area contributed by atoms with Crippen molar-refractivity contribution in [2.45, 2.75) is 38.8 Å². The first-order valence-corrected chi connectivity index (χ1v) is 9.44. The third-order valence-corrected chi connectivity index (χ3v) is 5.13. The van der Waals surface area contributed by atoms with Crippen LogP contribution in [0.15, 0.2) is 36.7 Å². The zero-order chi connectivity index (χ0) is 19.0. The number of carbonyl (C=O) groups excluding carboxylic acids is 1. The second kappa shape index (κ2) is 7.15. The minimum absolute atomic E-state index is 0.0691. The summed E-state index contributed by atoms with van der Waals surface area (Å²) in [6, 6.07) is 9.37. The molecule has 0 radical (unpaired) electrons. The van der Waals surface area contributed by atoms with Crippen molar-refractivity contribution in [3.05, 3.63) is 53.2 Å². The molecule has 3 aromatic rings. The van der Waals surface area contributed by atoms with Crippen LogP contribution in [0.5, 0.6) is 0 Å². The molecule has 2 aromatic heterocycles. The number of nitrogens with zero attached hydrogens (tertiary/aromatic N) is 5. The highest BCUT2D eigenvalue weighted by Gasteiger charge is 2.34. The Kier molecular flexibility index (Phi) is 4.70. The summed E-state index contributed by atoms with van der Waals surface area (Å²) in [5.74, 6) is 0.766. The number of hydrogen-bond acceptors (Lipinski definition) is 4. The van der Waals surface area contributed by atoms with Gasteiger partial charge in [0.2, 0.25) is 0 Å². The molecule has 1 aromatic carbocycles. The van der Waals surface area contributed by atoms with E-state index in [0.29, 0.717) is 23.0 Å². The summed E-state index contributed by atoms with van der Waals surface area (Å²) >= 11 is 6.06. The van der Waals surface area contributed by atoms with Crippen molar-refractivity contribution in [2.24, 2.45) is 0 Å². The Morgan fingerprint density at radius 2 is 2.19 bits per heavy atom. The molecule has 1 fully saturated rings. The van der Waals surface area contributed by atoms with Crippen molar-refractivity contribution < 1.29 is 4.79 Å². The molecule has 3 heterocycles. The van der Waals surface area contributed by atoms with Crippen LogP contribution in [0.1, 0.15) is 55.1 Å². The lowest BCUT2D eigenvalue weighted by Gasteiger charge is -2.24. The van der Waals surface area contributed by atoms with Crippen LogP contribution in [0.2, 0.25) is 5.02 Å². The summed E-state index contributed by atoms with van der Waals surface area (Å²) in [6.07, 6.45) is 3.55. The fraction of sp³-hybridized carbons (Fsp3) is 0.368. The molecule has 1 atom stereocenters. The number of benzene rings is 1. The Morgan fingerprint density at radius 1 is 1.33 bits per heavy atom. The average molecular weight is 385 g/mol. The van der Waals surface area contributed by atoms with Gasteiger partial charge in [-0.25, -0.2) is 0 Å². The lowest BCUT2D eigenvalue weighted by Crippen LogP contribution is -2.32. The summed E-state index contributed by atoms with van der Waals surface area (Å²) in [6.45, 7) is 4.86. The molecule has 1 aliphatic heterocycles. The molecule has 4 rings (SSSR count). The van der Waals surface area contributed by atoms with Gasteiger partial charge in [0, 0.05) is 23.2 Å². The first-order chi connectivity index (χ1) is 13.0. The fourth-order valence-corrected chi connectivity index (χ4v) is 3.74. The van der Waals surface area contributed by atoms with E-state index >= 15 is 0 Å². The fourth-order valence-electron chi connectivity index (χ4n) is 3.55. The van der Waals surface area contributed by atoms with E-state index in [1.54, 1.807) is 12.4 Å². The van der Waals surface area contributed by atoms with Crippen molar-refractivity contribution >= 4 is 17.5 Å². The highest BCUT2D eigenvalue weighted by molar-refractivity contribution is 6.30. The van der Waals surface area contributed by atoms with E-state index in [2.05, 4.69) is 34.2 Å². The molecule has 1 aliphatic rings. The number of carbonyl (C=O) groups is 1. The van der Waals surface area contributed by atoms with Gasteiger partial charge in [0.15, 0.2) is 5.82 Å². The molecular formula is C19H21ClN6O. The van der Waals surface area contributed by atoms with Crippen LogP contribution in [-0.2, 0) is 0 Å². The third-order valence-electron chi connectivity index (χ3n) is 4.90. The van der Waals surface area contributed by atoms with E-state index < -0.39 is 0 Å². The Labute approximate surface area is 162 Å². The van der Waals surface area contributed by atoms with E-state index in [9.17, 15) is 4.79 Å². The summed E-state index contributed by atoms with van der Waals surface area (Å²) in [7, 11) is 0. The third kappa shape index (κ3) is 3.35. The normalized spacial score (nSPS) is 17.0. The molecule has 0 bridgehead atoms. The van der Waals surface area contributed by atoms with Gasteiger partial charge in [0.05, 0.1) is 11.7 Å². The van der Waals surface area contributed by atoms with E-state index in [4.69, 9.17) is 11.6 Å². The van der Waals surface area contributed by atoms with Gasteiger partial charge in [-0.2, -0.15) is 5.10 Å². The van der Waals surface area contributed by atoms with E-state index in [0.717, 1.165) is 24.2 Å². The molecule has 8 heteroatoms. The van der Waals surface area contributed by atoms with Gasteiger partial charge in [-0.15, -0.1) is 10.2 Å². The summed E-state index contributed by atoms with van der Waals surface area (Å²) < 4.78 is 2.03. The topological polar surface area (TPSA) is 79.7 Å². The molecule has 7 nitrogen and oxygen atoms in total. The standard InChI is InChI=1S/C19H21ClN6O/c1-12(2)26-11-21-24-18(26)17-7-4-8-25(17)19(27)16-10-15(22-23-16)13-5-3-6-14(20)9-13/h3,5-6,9-12,17H,4,7-8H2,1-2H3,(H,22,23). The molecule has 0 spiro atoms. The first kappa shape index (κ1) is 17.7. The molecule has 1 unspecified atom stereocenters. The van der Waals surface area contributed by atoms with E-state index in [1.165, 1.54) is 0 Å². The van der Waals surface area contributed by atoms with Gasteiger partial charge in [0.25, 0.3) is 5.91 Å². The largest absolute Gasteiger partial charge is 0.327 e. The van der Waals surface area contributed by atoms with Crippen molar-refractivity contribution in [3.8, 4) is 11.3 Å². The van der Waals surface area contributed by atoms with Gasteiger partial charge >= 0.3 is 0 Å². The Balaban J connectivity index is 1.60. The number of nitrogens with one attached hydrogen (secondary N) is 1. The average Bonchev–Trinajstić information content (AvgIpc) is 3.39. The summed E-state index contributed by atoms with van der Waals surface area (Å²) in [5.41, 5.74) is 2.03. The number of aromatic amines is 1. The first-order valence-electron chi connectivity index (χ1n) is 9.06.